The number of aromatic hydroxyl groups is 2. The van der Waals surface area contributed by atoms with Crippen molar-refractivity contribution in [1.29, 1.82) is 5.26 Å². The molecule has 0 heterocycles. The van der Waals surface area contributed by atoms with Crippen LogP contribution in [-0.2, 0) is 4.79 Å². The van der Waals surface area contributed by atoms with Gasteiger partial charge in [0, 0.05) is 17.3 Å². The van der Waals surface area contributed by atoms with Crippen LogP contribution in [0.5, 0.6) is 11.5 Å². The number of phenols is 2. The number of carbonyl (C=O) groups is 1. The van der Waals surface area contributed by atoms with E-state index in [1.807, 2.05) is 25.1 Å². The van der Waals surface area contributed by atoms with Crippen molar-refractivity contribution in [2.75, 3.05) is 5.32 Å². The first-order chi connectivity index (χ1) is 10.5. The lowest BCUT2D eigenvalue weighted by atomic mass is 10.1. The van der Waals surface area contributed by atoms with Gasteiger partial charge in [0.15, 0.2) is 0 Å². The number of hydrogen-bond donors (Lipinski definition) is 3. The second-order valence-corrected chi connectivity index (χ2v) is 4.68. The molecule has 1 amide bonds. The first-order valence-electron chi connectivity index (χ1n) is 6.52. The number of phenolic OH excluding ortho intramolecular Hbond substituents is 2. The van der Waals surface area contributed by atoms with Crippen LogP contribution in [-0.4, -0.2) is 16.1 Å². The smallest absolute Gasteiger partial charge is 0.266 e. The van der Waals surface area contributed by atoms with Crippen molar-refractivity contribution in [3.8, 4) is 17.6 Å². The number of nitrogens with zero attached hydrogens (tertiary/aromatic N) is 1. The van der Waals surface area contributed by atoms with E-state index in [0.29, 0.717) is 5.69 Å². The molecule has 0 aliphatic rings. The SMILES string of the molecule is Cc1ccccc1NC(=O)C(C#N)=Cc1ccc(O)cc1O. The molecule has 5 nitrogen and oxygen atoms in total. The van der Waals surface area contributed by atoms with Crippen LogP contribution >= 0.6 is 0 Å². The van der Waals surface area contributed by atoms with Gasteiger partial charge in [0.1, 0.15) is 23.1 Å². The lowest BCUT2D eigenvalue weighted by Gasteiger charge is -2.07. The van der Waals surface area contributed by atoms with Gasteiger partial charge in [-0.2, -0.15) is 5.26 Å². The summed E-state index contributed by atoms with van der Waals surface area (Å²) in [7, 11) is 0. The van der Waals surface area contributed by atoms with E-state index in [1.54, 1.807) is 12.1 Å². The van der Waals surface area contributed by atoms with E-state index in [0.717, 1.165) is 11.6 Å². The molecule has 0 saturated carbocycles. The molecule has 0 aliphatic heterocycles. The first kappa shape index (κ1) is 15.1. The molecule has 3 N–H and O–H groups in total. The number of nitrogens with one attached hydrogen (secondary N) is 1. The zero-order chi connectivity index (χ0) is 16.1. The minimum atomic E-state index is -0.565. The molecule has 0 spiro atoms. The number of carbonyl (C=O) groups excluding carboxylic acids is 1. The average Bonchev–Trinajstić information content (AvgIpc) is 2.49. The molecule has 2 aromatic rings. The number of anilines is 1. The van der Waals surface area contributed by atoms with Gasteiger partial charge in [-0.25, -0.2) is 0 Å². The zero-order valence-electron chi connectivity index (χ0n) is 11.9. The number of rotatable bonds is 3. The minimum absolute atomic E-state index is 0.0995. The largest absolute Gasteiger partial charge is 0.508 e. The van der Waals surface area contributed by atoms with Crippen LogP contribution < -0.4 is 5.32 Å². The summed E-state index contributed by atoms with van der Waals surface area (Å²) in [6.07, 6.45) is 1.27. The monoisotopic (exact) mass is 294 g/mol. The predicted molar refractivity (Wildman–Crippen MR) is 83.2 cm³/mol. The quantitative estimate of drug-likeness (QED) is 0.599. The molecular formula is C17H14N2O3. The number of amides is 1. The van der Waals surface area contributed by atoms with E-state index < -0.39 is 5.91 Å². The summed E-state index contributed by atoms with van der Waals surface area (Å²) in [5, 5.41) is 30.7. The van der Waals surface area contributed by atoms with E-state index in [4.69, 9.17) is 5.26 Å². The number of para-hydroxylation sites is 1. The number of benzene rings is 2. The fraction of sp³-hybridized carbons (Fsp3) is 0.0588. The molecule has 0 saturated heterocycles. The summed E-state index contributed by atoms with van der Waals surface area (Å²) in [6.45, 7) is 1.84. The fourth-order valence-electron chi connectivity index (χ4n) is 1.86. The highest BCUT2D eigenvalue weighted by molar-refractivity contribution is 6.10. The second-order valence-electron chi connectivity index (χ2n) is 4.68. The lowest BCUT2D eigenvalue weighted by molar-refractivity contribution is -0.112. The fourth-order valence-corrected chi connectivity index (χ4v) is 1.86. The van der Waals surface area contributed by atoms with Gasteiger partial charge in [-0.05, 0) is 36.8 Å². The Morgan fingerprint density at radius 1 is 1.23 bits per heavy atom. The normalized spacial score (nSPS) is 10.8. The van der Waals surface area contributed by atoms with Gasteiger partial charge in [-0.3, -0.25) is 4.79 Å². The maximum atomic E-state index is 12.1. The Morgan fingerprint density at radius 3 is 2.59 bits per heavy atom. The van der Waals surface area contributed by atoms with Crippen LogP contribution in [0, 0.1) is 18.3 Å². The van der Waals surface area contributed by atoms with Crippen molar-refractivity contribution in [2.45, 2.75) is 6.92 Å². The number of aryl methyl sites for hydroxylation is 1. The van der Waals surface area contributed by atoms with Crippen LogP contribution in [0.4, 0.5) is 5.69 Å². The highest BCUT2D eigenvalue weighted by Gasteiger charge is 2.12. The van der Waals surface area contributed by atoms with Gasteiger partial charge in [0.05, 0.1) is 0 Å². The van der Waals surface area contributed by atoms with Crippen LogP contribution in [0.15, 0.2) is 48.0 Å². The topological polar surface area (TPSA) is 93.4 Å². The predicted octanol–water partition coefficient (Wildman–Crippen LogP) is 2.95. The van der Waals surface area contributed by atoms with Gasteiger partial charge in [0.25, 0.3) is 5.91 Å². The van der Waals surface area contributed by atoms with E-state index in [-0.39, 0.29) is 22.6 Å². The second kappa shape index (κ2) is 6.46. The third-order valence-electron chi connectivity index (χ3n) is 3.07. The Kier molecular flexibility index (Phi) is 4.44. The van der Waals surface area contributed by atoms with Gasteiger partial charge >= 0.3 is 0 Å². The molecule has 2 aromatic carbocycles. The molecule has 5 heteroatoms. The van der Waals surface area contributed by atoms with Crippen LogP contribution in [0.3, 0.4) is 0 Å². The van der Waals surface area contributed by atoms with Gasteiger partial charge in [-0.15, -0.1) is 0 Å². The van der Waals surface area contributed by atoms with E-state index >= 15 is 0 Å². The summed E-state index contributed by atoms with van der Waals surface area (Å²) < 4.78 is 0. The molecule has 0 atom stereocenters. The first-order valence-corrected chi connectivity index (χ1v) is 6.52. The van der Waals surface area contributed by atoms with Crippen molar-refractivity contribution in [3.05, 3.63) is 59.2 Å². The van der Waals surface area contributed by atoms with Gasteiger partial charge in [-0.1, -0.05) is 18.2 Å². The molecule has 0 aliphatic carbocycles. The number of nitriles is 1. The third-order valence-corrected chi connectivity index (χ3v) is 3.07. The average molecular weight is 294 g/mol. The third kappa shape index (κ3) is 3.44. The highest BCUT2D eigenvalue weighted by atomic mass is 16.3. The summed E-state index contributed by atoms with van der Waals surface area (Å²) in [5.74, 6) is -0.877. The molecule has 0 fully saturated rings. The van der Waals surface area contributed by atoms with Gasteiger partial charge < -0.3 is 15.5 Å². The molecule has 22 heavy (non-hydrogen) atoms. The Hall–Kier alpha value is -3.26. The molecule has 0 radical (unpaired) electrons. The summed E-state index contributed by atoms with van der Waals surface area (Å²) in [6, 6.07) is 12.9. The van der Waals surface area contributed by atoms with Crippen LogP contribution in [0.2, 0.25) is 0 Å². The van der Waals surface area contributed by atoms with Crippen molar-refractivity contribution < 1.29 is 15.0 Å². The summed E-state index contributed by atoms with van der Waals surface area (Å²) in [5.41, 5.74) is 1.61. The Bertz CT molecular complexity index is 789. The van der Waals surface area contributed by atoms with Crippen LogP contribution in [0.25, 0.3) is 6.08 Å². The Balaban J connectivity index is 2.28. The maximum Gasteiger partial charge on any atom is 0.266 e. The highest BCUT2D eigenvalue weighted by Crippen LogP contribution is 2.25. The van der Waals surface area contributed by atoms with Crippen molar-refractivity contribution in [2.24, 2.45) is 0 Å². The summed E-state index contributed by atoms with van der Waals surface area (Å²) in [4.78, 5) is 12.1. The maximum absolute atomic E-state index is 12.1. The molecule has 110 valence electrons. The minimum Gasteiger partial charge on any atom is -0.508 e. The van der Waals surface area contributed by atoms with E-state index in [2.05, 4.69) is 5.32 Å². The van der Waals surface area contributed by atoms with Gasteiger partial charge in [0.2, 0.25) is 0 Å². The standard InChI is InChI=1S/C17H14N2O3/c1-11-4-2-3-5-15(11)19-17(22)13(10-18)8-12-6-7-14(20)9-16(12)21/h2-9,20-21H,1H3,(H,19,22). The molecule has 2 rings (SSSR count). The van der Waals surface area contributed by atoms with Crippen molar-refractivity contribution in [3.63, 3.8) is 0 Å². The van der Waals surface area contributed by atoms with Crippen LogP contribution in [0.1, 0.15) is 11.1 Å². The molecular weight excluding hydrogens is 280 g/mol. The van der Waals surface area contributed by atoms with E-state index in [1.165, 1.54) is 18.2 Å². The Labute approximate surface area is 127 Å². The molecule has 0 aromatic heterocycles. The number of hydrogen-bond acceptors (Lipinski definition) is 4. The van der Waals surface area contributed by atoms with Crippen molar-refractivity contribution >= 4 is 17.7 Å². The zero-order valence-corrected chi connectivity index (χ0v) is 11.9. The van der Waals surface area contributed by atoms with Crippen molar-refractivity contribution in [1.82, 2.24) is 0 Å². The molecule has 0 unspecified atom stereocenters. The van der Waals surface area contributed by atoms with E-state index in [9.17, 15) is 15.0 Å². The summed E-state index contributed by atoms with van der Waals surface area (Å²) >= 11 is 0. The molecule has 0 bridgehead atoms. The Morgan fingerprint density at radius 2 is 1.95 bits per heavy atom. The lowest BCUT2D eigenvalue weighted by Crippen LogP contribution is -2.14.